The van der Waals surface area contributed by atoms with E-state index in [-0.39, 0.29) is 5.78 Å². The molecular weight excluding hydrogens is 331 g/mol. The Bertz CT molecular complexity index is 732. The third-order valence-corrected chi connectivity index (χ3v) is 5.48. The molecule has 6 heteroatoms. The highest BCUT2D eigenvalue weighted by Crippen LogP contribution is 2.34. The van der Waals surface area contributed by atoms with Crippen molar-refractivity contribution in [1.29, 1.82) is 0 Å². The molecule has 0 fully saturated rings. The summed E-state index contributed by atoms with van der Waals surface area (Å²) in [5.41, 5.74) is 2.47. The van der Waals surface area contributed by atoms with Gasteiger partial charge in [0.25, 0.3) is 0 Å². The number of fused-ring (bicyclic) bond motifs is 1. The minimum atomic E-state index is -0.795. The average molecular weight is 341 g/mol. The molecule has 0 amide bonds. The first-order chi connectivity index (χ1) is 9.95. The molecule has 21 heavy (non-hydrogen) atoms. The standard InChI is InChI=1S/C15H10Cl2O3S/c16-11-6-12(21-14(11)17)13(18)8-2-1-7-3-10(15(19)20)5-9(7)4-8/h1-2,4,6,10H,3,5H2,(H,19,20). The van der Waals surface area contributed by atoms with Crippen molar-refractivity contribution in [2.45, 2.75) is 12.8 Å². The number of hydrogen-bond acceptors (Lipinski definition) is 3. The normalized spacial score (nSPS) is 16.8. The quantitative estimate of drug-likeness (QED) is 0.856. The summed E-state index contributed by atoms with van der Waals surface area (Å²) in [6.45, 7) is 0. The van der Waals surface area contributed by atoms with Crippen molar-refractivity contribution in [2.75, 3.05) is 0 Å². The van der Waals surface area contributed by atoms with E-state index in [9.17, 15) is 9.59 Å². The molecule has 2 aromatic rings. The Morgan fingerprint density at radius 3 is 2.48 bits per heavy atom. The zero-order valence-electron chi connectivity index (χ0n) is 10.7. The van der Waals surface area contributed by atoms with E-state index in [0.29, 0.717) is 32.6 Å². The van der Waals surface area contributed by atoms with Crippen LogP contribution in [-0.4, -0.2) is 16.9 Å². The number of carboxylic acids is 1. The van der Waals surface area contributed by atoms with E-state index >= 15 is 0 Å². The van der Waals surface area contributed by atoms with Crippen molar-refractivity contribution in [2.24, 2.45) is 5.92 Å². The highest BCUT2D eigenvalue weighted by atomic mass is 35.5. The van der Waals surface area contributed by atoms with Crippen LogP contribution in [0.2, 0.25) is 9.36 Å². The van der Waals surface area contributed by atoms with Gasteiger partial charge in [0.1, 0.15) is 4.34 Å². The summed E-state index contributed by atoms with van der Waals surface area (Å²) in [6, 6.07) is 6.90. The van der Waals surface area contributed by atoms with Crippen molar-refractivity contribution in [3.63, 3.8) is 0 Å². The van der Waals surface area contributed by atoms with Crippen LogP contribution in [0.5, 0.6) is 0 Å². The lowest BCUT2D eigenvalue weighted by Crippen LogP contribution is -2.12. The van der Waals surface area contributed by atoms with Crippen LogP contribution in [0, 0.1) is 5.92 Å². The number of benzene rings is 1. The van der Waals surface area contributed by atoms with Crippen LogP contribution >= 0.6 is 34.5 Å². The fourth-order valence-electron chi connectivity index (χ4n) is 2.53. The average Bonchev–Trinajstić information content (AvgIpc) is 3.01. The van der Waals surface area contributed by atoms with Gasteiger partial charge in [-0.05, 0) is 36.1 Å². The maximum absolute atomic E-state index is 12.4. The molecule has 0 aliphatic heterocycles. The summed E-state index contributed by atoms with van der Waals surface area (Å²) in [5, 5.41) is 9.45. The predicted molar refractivity (Wildman–Crippen MR) is 82.7 cm³/mol. The topological polar surface area (TPSA) is 54.4 Å². The van der Waals surface area contributed by atoms with Gasteiger partial charge in [-0.2, -0.15) is 0 Å². The summed E-state index contributed by atoms with van der Waals surface area (Å²) < 4.78 is 0.395. The van der Waals surface area contributed by atoms with Gasteiger partial charge in [-0.25, -0.2) is 0 Å². The minimum Gasteiger partial charge on any atom is -0.481 e. The SMILES string of the molecule is O=C(c1ccc2c(c1)CC(C(=O)O)C2)c1cc(Cl)c(Cl)s1. The van der Waals surface area contributed by atoms with Gasteiger partial charge < -0.3 is 5.11 Å². The van der Waals surface area contributed by atoms with E-state index in [2.05, 4.69) is 0 Å². The number of carboxylic acid groups (broad SMARTS) is 1. The predicted octanol–water partition coefficient (Wildman–Crippen LogP) is 4.09. The fraction of sp³-hybridized carbons (Fsp3) is 0.200. The number of ketones is 1. The molecule has 1 heterocycles. The van der Waals surface area contributed by atoms with Crippen LogP contribution in [0.4, 0.5) is 0 Å². The number of hydrogen-bond donors (Lipinski definition) is 1. The molecule has 108 valence electrons. The molecule has 1 aromatic carbocycles. The maximum Gasteiger partial charge on any atom is 0.307 e. The molecule has 1 aliphatic carbocycles. The summed E-state index contributed by atoms with van der Waals surface area (Å²) in [5.74, 6) is -1.33. The van der Waals surface area contributed by atoms with E-state index in [1.165, 1.54) is 0 Å². The molecular formula is C15H10Cl2O3S. The molecule has 0 saturated heterocycles. The van der Waals surface area contributed by atoms with E-state index in [4.69, 9.17) is 28.3 Å². The monoisotopic (exact) mass is 340 g/mol. The van der Waals surface area contributed by atoms with Gasteiger partial charge in [0.05, 0.1) is 15.8 Å². The van der Waals surface area contributed by atoms with Crippen molar-refractivity contribution < 1.29 is 14.7 Å². The number of carbonyl (C=O) groups is 2. The molecule has 1 aromatic heterocycles. The van der Waals surface area contributed by atoms with E-state index in [1.807, 2.05) is 6.07 Å². The Balaban J connectivity index is 1.90. The zero-order valence-corrected chi connectivity index (χ0v) is 13.1. The van der Waals surface area contributed by atoms with E-state index in [1.54, 1.807) is 18.2 Å². The highest BCUT2D eigenvalue weighted by molar-refractivity contribution is 7.18. The van der Waals surface area contributed by atoms with Gasteiger partial charge in [-0.3, -0.25) is 9.59 Å². The van der Waals surface area contributed by atoms with Crippen LogP contribution in [0.25, 0.3) is 0 Å². The maximum atomic E-state index is 12.4. The number of halogens is 2. The third kappa shape index (κ3) is 2.71. The van der Waals surface area contributed by atoms with Crippen molar-refractivity contribution in [3.05, 3.63) is 55.2 Å². The number of aliphatic carboxylic acids is 1. The first-order valence-corrected chi connectivity index (χ1v) is 7.87. The summed E-state index contributed by atoms with van der Waals surface area (Å²) in [7, 11) is 0. The Morgan fingerprint density at radius 2 is 1.86 bits per heavy atom. The van der Waals surface area contributed by atoms with Gasteiger partial charge in [0, 0.05) is 5.56 Å². The van der Waals surface area contributed by atoms with Crippen LogP contribution in [0.15, 0.2) is 24.3 Å². The first-order valence-electron chi connectivity index (χ1n) is 6.30. The van der Waals surface area contributed by atoms with Crippen molar-refractivity contribution in [3.8, 4) is 0 Å². The molecule has 1 unspecified atom stereocenters. The second kappa shape index (κ2) is 5.44. The number of carbonyl (C=O) groups excluding carboxylic acids is 1. The van der Waals surface area contributed by atoms with Gasteiger partial charge in [0.2, 0.25) is 5.78 Å². The molecule has 0 radical (unpaired) electrons. The summed E-state index contributed by atoms with van der Waals surface area (Å²) in [4.78, 5) is 23.9. The molecule has 1 aliphatic rings. The molecule has 1 N–H and O–H groups in total. The molecule has 0 saturated carbocycles. The van der Waals surface area contributed by atoms with Crippen molar-refractivity contribution >= 4 is 46.3 Å². The van der Waals surface area contributed by atoms with E-state index in [0.717, 1.165) is 22.5 Å². The summed E-state index contributed by atoms with van der Waals surface area (Å²) in [6.07, 6.45) is 0.994. The lowest BCUT2D eigenvalue weighted by Gasteiger charge is -2.02. The summed E-state index contributed by atoms with van der Waals surface area (Å²) >= 11 is 12.9. The van der Waals surface area contributed by atoms with E-state index < -0.39 is 11.9 Å². The first kappa shape index (κ1) is 14.6. The molecule has 0 spiro atoms. The Kier molecular flexibility index (Phi) is 3.78. The van der Waals surface area contributed by atoms with Gasteiger partial charge in [0.15, 0.2) is 0 Å². The fourth-order valence-corrected chi connectivity index (χ4v) is 3.87. The van der Waals surface area contributed by atoms with Crippen LogP contribution in [-0.2, 0) is 17.6 Å². The highest BCUT2D eigenvalue weighted by Gasteiger charge is 2.28. The smallest absolute Gasteiger partial charge is 0.307 e. The second-order valence-electron chi connectivity index (χ2n) is 4.99. The molecule has 3 nitrogen and oxygen atoms in total. The van der Waals surface area contributed by atoms with Gasteiger partial charge >= 0.3 is 5.97 Å². The van der Waals surface area contributed by atoms with Crippen molar-refractivity contribution in [1.82, 2.24) is 0 Å². The minimum absolute atomic E-state index is 0.143. The number of thiophene rings is 1. The zero-order chi connectivity index (χ0) is 15.1. The Labute approximate surface area is 135 Å². The largest absolute Gasteiger partial charge is 0.481 e. The Morgan fingerprint density at radius 1 is 1.14 bits per heavy atom. The second-order valence-corrected chi connectivity index (χ2v) is 7.05. The lowest BCUT2D eigenvalue weighted by molar-refractivity contribution is -0.141. The molecule has 1 atom stereocenters. The lowest BCUT2D eigenvalue weighted by atomic mass is 10.0. The van der Waals surface area contributed by atoms with Crippen LogP contribution in [0.3, 0.4) is 0 Å². The Hall–Kier alpha value is -1.36. The molecule has 0 bridgehead atoms. The molecule has 3 rings (SSSR count). The number of rotatable bonds is 3. The van der Waals surface area contributed by atoms with Gasteiger partial charge in [-0.15, -0.1) is 11.3 Å². The third-order valence-electron chi connectivity index (χ3n) is 3.62. The van der Waals surface area contributed by atoms with Crippen LogP contribution < -0.4 is 0 Å². The van der Waals surface area contributed by atoms with Gasteiger partial charge in [-0.1, -0.05) is 35.3 Å². The van der Waals surface area contributed by atoms with Crippen LogP contribution in [0.1, 0.15) is 26.4 Å².